The number of nitrogens with zero attached hydrogens (tertiary/aromatic N) is 1. The third-order valence-corrected chi connectivity index (χ3v) is 5.47. The van der Waals surface area contributed by atoms with Gasteiger partial charge < -0.3 is 11.1 Å². The van der Waals surface area contributed by atoms with Crippen molar-refractivity contribution in [2.45, 2.75) is 45.7 Å². The van der Waals surface area contributed by atoms with Crippen LogP contribution in [0.4, 0.5) is 5.69 Å². The van der Waals surface area contributed by atoms with E-state index in [1.54, 1.807) is 0 Å². The van der Waals surface area contributed by atoms with Crippen LogP contribution in [-0.2, 0) is 24.3 Å². The first-order valence-corrected chi connectivity index (χ1v) is 10.0. The second-order valence-electron chi connectivity index (χ2n) is 7.75. The predicted octanol–water partition coefficient (Wildman–Crippen LogP) is 3.75. The maximum atomic E-state index is 12.1. The van der Waals surface area contributed by atoms with Crippen LogP contribution in [0.3, 0.4) is 0 Å². The molecule has 1 heterocycles. The third-order valence-electron chi connectivity index (χ3n) is 5.47. The summed E-state index contributed by atoms with van der Waals surface area (Å²) in [6.07, 6.45) is 3.74. The Balaban J connectivity index is 1.40. The van der Waals surface area contributed by atoms with Crippen LogP contribution in [-0.4, -0.2) is 23.9 Å². The van der Waals surface area contributed by atoms with Crippen molar-refractivity contribution in [1.82, 2.24) is 10.2 Å². The molecule has 1 amide bonds. The number of para-hydroxylation sites is 1. The van der Waals surface area contributed by atoms with Gasteiger partial charge in [0.25, 0.3) is 0 Å². The monoisotopic (exact) mass is 365 g/mol. The van der Waals surface area contributed by atoms with E-state index in [0.717, 1.165) is 29.3 Å². The molecule has 1 saturated heterocycles. The molecule has 0 bridgehead atoms. The van der Waals surface area contributed by atoms with Crippen LogP contribution in [0.5, 0.6) is 0 Å². The highest BCUT2D eigenvalue weighted by atomic mass is 16.1. The lowest BCUT2D eigenvalue weighted by atomic mass is 9.99. The van der Waals surface area contributed by atoms with Crippen LogP contribution in [0.25, 0.3) is 0 Å². The molecule has 0 saturated carbocycles. The summed E-state index contributed by atoms with van der Waals surface area (Å²) in [6, 6.07) is 16.3. The van der Waals surface area contributed by atoms with Gasteiger partial charge in [0.05, 0.1) is 0 Å². The number of rotatable bonds is 7. The average molecular weight is 366 g/mol. The van der Waals surface area contributed by atoms with Gasteiger partial charge in [-0.15, -0.1) is 0 Å². The van der Waals surface area contributed by atoms with Gasteiger partial charge in [0.2, 0.25) is 5.91 Å². The molecule has 0 unspecified atom stereocenters. The van der Waals surface area contributed by atoms with Gasteiger partial charge in [0.1, 0.15) is 0 Å². The molecule has 0 atom stereocenters. The van der Waals surface area contributed by atoms with Crippen LogP contribution in [0, 0.1) is 5.92 Å². The van der Waals surface area contributed by atoms with E-state index in [9.17, 15) is 4.79 Å². The number of amides is 1. The largest absolute Gasteiger partial charge is 0.399 e. The van der Waals surface area contributed by atoms with E-state index in [4.69, 9.17) is 5.73 Å². The van der Waals surface area contributed by atoms with Gasteiger partial charge in [-0.25, -0.2) is 0 Å². The summed E-state index contributed by atoms with van der Waals surface area (Å²) in [5, 5.41) is 3.00. The van der Waals surface area contributed by atoms with Gasteiger partial charge in [0.15, 0.2) is 0 Å². The standard InChI is InChI=1S/C23H31N3O/c1-18-12-14-26(15-13-18)17-20-8-6-19(7-9-20)16-25-23(27)11-10-21-4-2-3-5-22(21)24/h2-9,18H,10-17,24H2,1H3,(H,25,27). The van der Waals surface area contributed by atoms with Crippen molar-refractivity contribution < 1.29 is 4.79 Å². The summed E-state index contributed by atoms with van der Waals surface area (Å²) >= 11 is 0. The van der Waals surface area contributed by atoms with E-state index in [2.05, 4.69) is 41.4 Å². The SMILES string of the molecule is CC1CCN(Cc2ccc(CNC(=O)CCc3ccccc3N)cc2)CC1. The van der Waals surface area contributed by atoms with Gasteiger partial charge >= 0.3 is 0 Å². The minimum absolute atomic E-state index is 0.0600. The minimum Gasteiger partial charge on any atom is -0.399 e. The average Bonchev–Trinajstić information content (AvgIpc) is 2.68. The molecule has 1 aliphatic rings. The highest BCUT2D eigenvalue weighted by Crippen LogP contribution is 2.18. The predicted molar refractivity (Wildman–Crippen MR) is 111 cm³/mol. The number of piperidine rings is 1. The highest BCUT2D eigenvalue weighted by Gasteiger charge is 2.15. The number of likely N-dealkylation sites (tertiary alicyclic amines) is 1. The summed E-state index contributed by atoms with van der Waals surface area (Å²) in [7, 11) is 0. The molecule has 1 fully saturated rings. The summed E-state index contributed by atoms with van der Waals surface area (Å²) in [5.74, 6) is 0.926. The van der Waals surface area contributed by atoms with E-state index >= 15 is 0 Å². The molecule has 2 aromatic carbocycles. The number of nitrogen functional groups attached to an aromatic ring is 1. The normalized spacial score (nSPS) is 15.6. The zero-order chi connectivity index (χ0) is 19.1. The van der Waals surface area contributed by atoms with Crippen molar-refractivity contribution in [2.24, 2.45) is 5.92 Å². The van der Waals surface area contributed by atoms with Crippen molar-refractivity contribution >= 4 is 11.6 Å². The molecule has 3 rings (SSSR count). The van der Waals surface area contributed by atoms with Gasteiger partial charge in [-0.2, -0.15) is 0 Å². The Hall–Kier alpha value is -2.33. The van der Waals surface area contributed by atoms with Crippen LogP contribution >= 0.6 is 0 Å². The Morgan fingerprint density at radius 1 is 1.07 bits per heavy atom. The molecule has 144 valence electrons. The van der Waals surface area contributed by atoms with Gasteiger partial charge in [-0.05, 0) is 61.0 Å². The maximum Gasteiger partial charge on any atom is 0.220 e. The zero-order valence-corrected chi connectivity index (χ0v) is 16.3. The molecule has 0 spiro atoms. The number of anilines is 1. The van der Waals surface area contributed by atoms with E-state index in [0.29, 0.717) is 19.4 Å². The molecule has 2 aromatic rings. The molecule has 0 aromatic heterocycles. The number of hydrogen-bond donors (Lipinski definition) is 2. The molecule has 0 radical (unpaired) electrons. The van der Waals surface area contributed by atoms with Gasteiger partial charge in [0, 0.05) is 25.2 Å². The molecule has 4 nitrogen and oxygen atoms in total. The number of carbonyl (C=O) groups is 1. The first kappa shape index (κ1) is 19.4. The van der Waals surface area contributed by atoms with E-state index < -0.39 is 0 Å². The first-order chi connectivity index (χ1) is 13.1. The van der Waals surface area contributed by atoms with Gasteiger partial charge in [-0.3, -0.25) is 9.69 Å². The number of nitrogens with one attached hydrogen (secondary N) is 1. The van der Waals surface area contributed by atoms with Crippen molar-refractivity contribution in [3.8, 4) is 0 Å². The minimum atomic E-state index is 0.0600. The molecule has 4 heteroatoms. The Kier molecular flexibility index (Phi) is 6.88. The zero-order valence-electron chi connectivity index (χ0n) is 16.3. The summed E-state index contributed by atoms with van der Waals surface area (Å²) in [4.78, 5) is 14.6. The van der Waals surface area contributed by atoms with E-state index in [-0.39, 0.29) is 5.91 Å². The Bertz CT molecular complexity index is 734. The fraction of sp³-hybridized carbons (Fsp3) is 0.435. The first-order valence-electron chi connectivity index (χ1n) is 10.0. The summed E-state index contributed by atoms with van der Waals surface area (Å²) in [5.41, 5.74) is 10.2. The quantitative estimate of drug-likeness (QED) is 0.735. The fourth-order valence-electron chi connectivity index (χ4n) is 3.54. The summed E-state index contributed by atoms with van der Waals surface area (Å²) < 4.78 is 0. The lowest BCUT2D eigenvalue weighted by Gasteiger charge is -2.30. The van der Waals surface area contributed by atoms with Gasteiger partial charge in [-0.1, -0.05) is 49.4 Å². The molecule has 1 aliphatic heterocycles. The molecule has 3 N–H and O–H groups in total. The van der Waals surface area contributed by atoms with E-state index in [1.165, 1.54) is 31.5 Å². The molecular formula is C23H31N3O. The Morgan fingerprint density at radius 3 is 2.44 bits per heavy atom. The van der Waals surface area contributed by atoms with Crippen molar-refractivity contribution in [3.05, 3.63) is 65.2 Å². The van der Waals surface area contributed by atoms with Crippen molar-refractivity contribution in [2.75, 3.05) is 18.8 Å². The molecule has 27 heavy (non-hydrogen) atoms. The number of hydrogen-bond acceptors (Lipinski definition) is 3. The summed E-state index contributed by atoms with van der Waals surface area (Å²) in [6.45, 7) is 6.34. The van der Waals surface area contributed by atoms with Crippen LogP contribution < -0.4 is 11.1 Å². The Morgan fingerprint density at radius 2 is 1.74 bits per heavy atom. The van der Waals surface area contributed by atoms with Crippen LogP contribution in [0.15, 0.2) is 48.5 Å². The van der Waals surface area contributed by atoms with Crippen molar-refractivity contribution in [1.29, 1.82) is 0 Å². The fourth-order valence-corrected chi connectivity index (χ4v) is 3.54. The lowest BCUT2D eigenvalue weighted by molar-refractivity contribution is -0.121. The molecule has 0 aliphatic carbocycles. The number of aryl methyl sites for hydroxylation is 1. The second kappa shape index (κ2) is 9.56. The number of benzene rings is 2. The lowest BCUT2D eigenvalue weighted by Crippen LogP contribution is -2.32. The van der Waals surface area contributed by atoms with Crippen molar-refractivity contribution in [3.63, 3.8) is 0 Å². The second-order valence-corrected chi connectivity index (χ2v) is 7.75. The smallest absolute Gasteiger partial charge is 0.220 e. The number of nitrogens with two attached hydrogens (primary N) is 1. The highest BCUT2D eigenvalue weighted by molar-refractivity contribution is 5.76. The third kappa shape index (κ3) is 6.10. The van der Waals surface area contributed by atoms with Crippen LogP contribution in [0.1, 0.15) is 42.9 Å². The Labute approximate surface area is 162 Å². The van der Waals surface area contributed by atoms with E-state index in [1.807, 2.05) is 24.3 Å². The topological polar surface area (TPSA) is 58.4 Å². The van der Waals surface area contributed by atoms with Crippen LogP contribution in [0.2, 0.25) is 0 Å². The molecular weight excluding hydrogens is 334 g/mol. The number of carbonyl (C=O) groups excluding carboxylic acids is 1. The maximum absolute atomic E-state index is 12.1.